The summed E-state index contributed by atoms with van der Waals surface area (Å²) in [5.41, 5.74) is 4.48. The number of nitrogens with two attached hydrogens (primary N) is 1. The second kappa shape index (κ2) is 5.38. The van der Waals surface area contributed by atoms with Crippen molar-refractivity contribution in [2.24, 2.45) is 5.84 Å². The van der Waals surface area contributed by atoms with Crippen molar-refractivity contribution in [3.63, 3.8) is 0 Å². The molecule has 20 heavy (non-hydrogen) atoms. The largest absolute Gasteiger partial charge is 0.334 e. The van der Waals surface area contributed by atoms with Crippen LogP contribution in [0.15, 0.2) is 42.7 Å². The number of hydrogen-bond donors (Lipinski definition) is 2. The van der Waals surface area contributed by atoms with E-state index >= 15 is 0 Å². The van der Waals surface area contributed by atoms with Gasteiger partial charge in [-0.2, -0.15) is 0 Å². The second-order valence-electron chi connectivity index (χ2n) is 5.55. The predicted octanol–water partition coefficient (Wildman–Crippen LogP) is 2.53. The first-order valence-electron chi connectivity index (χ1n) is 7.34. The van der Waals surface area contributed by atoms with Gasteiger partial charge in [0, 0.05) is 24.4 Å². The smallest absolute Gasteiger partial charge is 0.128 e. The summed E-state index contributed by atoms with van der Waals surface area (Å²) < 4.78 is 2.17. The zero-order chi connectivity index (χ0) is 14.0. The standard InChI is InChI=1S/C16H22N4/c1-2-20-12-11-18-15(20)14(19-17)16(9-6-10-16)13-7-4-3-5-8-13/h3-5,7-8,11-12,14,19H,2,6,9-10,17H2,1H3. The van der Waals surface area contributed by atoms with E-state index in [0.29, 0.717) is 0 Å². The van der Waals surface area contributed by atoms with E-state index in [2.05, 4.69) is 52.2 Å². The molecule has 3 rings (SSSR count). The van der Waals surface area contributed by atoms with E-state index in [4.69, 9.17) is 5.84 Å². The minimum atomic E-state index is 0.0635. The highest BCUT2D eigenvalue weighted by Gasteiger charge is 2.47. The Labute approximate surface area is 120 Å². The van der Waals surface area contributed by atoms with Crippen molar-refractivity contribution in [1.29, 1.82) is 0 Å². The summed E-state index contributed by atoms with van der Waals surface area (Å²) in [6.07, 6.45) is 7.45. The highest BCUT2D eigenvalue weighted by molar-refractivity contribution is 5.32. The van der Waals surface area contributed by atoms with Gasteiger partial charge >= 0.3 is 0 Å². The van der Waals surface area contributed by atoms with Crippen LogP contribution in [0.5, 0.6) is 0 Å². The molecule has 1 atom stereocenters. The summed E-state index contributed by atoms with van der Waals surface area (Å²) in [6.45, 7) is 3.05. The molecule has 1 fully saturated rings. The van der Waals surface area contributed by atoms with Gasteiger partial charge in [-0.05, 0) is 25.3 Å². The molecular weight excluding hydrogens is 248 g/mol. The molecule has 1 aromatic carbocycles. The number of rotatable bonds is 5. The van der Waals surface area contributed by atoms with E-state index in [0.717, 1.165) is 25.2 Å². The molecule has 2 aromatic rings. The van der Waals surface area contributed by atoms with Gasteiger partial charge in [0.1, 0.15) is 5.82 Å². The number of aromatic nitrogens is 2. The zero-order valence-electron chi connectivity index (χ0n) is 11.9. The number of hydrogen-bond acceptors (Lipinski definition) is 3. The lowest BCUT2D eigenvalue weighted by atomic mass is 9.60. The topological polar surface area (TPSA) is 55.9 Å². The van der Waals surface area contributed by atoms with Gasteiger partial charge in [-0.1, -0.05) is 36.8 Å². The molecule has 1 saturated carbocycles. The molecule has 1 heterocycles. The van der Waals surface area contributed by atoms with Gasteiger partial charge in [0.25, 0.3) is 0 Å². The Balaban J connectivity index is 2.03. The van der Waals surface area contributed by atoms with Crippen LogP contribution in [0.1, 0.15) is 43.6 Å². The van der Waals surface area contributed by atoms with Crippen LogP contribution in [-0.4, -0.2) is 9.55 Å². The number of aryl methyl sites for hydroxylation is 1. The third-order valence-electron chi connectivity index (χ3n) is 4.66. The second-order valence-corrected chi connectivity index (χ2v) is 5.55. The fraction of sp³-hybridized carbons (Fsp3) is 0.438. The molecule has 0 aliphatic heterocycles. The normalized spacial score (nSPS) is 18.5. The fourth-order valence-electron chi connectivity index (χ4n) is 3.40. The average molecular weight is 270 g/mol. The Morgan fingerprint density at radius 1 is 1.35 bits per heavy atom. The zero-order valence-corrected chi connectivity index (χ0v) is 11.9. The first kappa shape index (κ1) is 13.3. The van der Waals surface area contributed by atoms with Gasteiger partial charge in [-0.3, -0.25) is 5.84 Å². The van der Waals surface area contributed by atoms with E-state index in [1.54, 1.807) is 0 Å². The maximum atomic E-state index is 5.92. The summed E-state index contributed by atoms with van der Waals surface area (Å²) in [7, 11) is 0. The molecule has 0 saturated heterocycles. The molecule has 106 valence electrons. The average Bonchev–Trinajstić information content (AvgIpc) is 2.91. The van der Waals surface area contributed by atoms with Gasteiger partial charge in [0.05, 0.1) is 6.04 Å². The summed E-state index contributed by atoms with van der Waals surface area (Å²) >= 11 is 0. The molecule has 3 N–H and O–H groups in total. The molecule has 0 amide bonds. The van der Waals surface area contributed by atoms with E-state index in [-0.39, 0.29) is 11.5 Å². The highest BCUT2D eigenvalue weighted by atomic mass is 15.3. The van der Waals surface area contributed by atoms with Gasteiger partial charge < -0.3 is 4.57 Å². The van der Waals surface area contributed by atoms with Gasteiger partial charge in [-0.25, -0.2) is 10.4 Å². The summed E-state index contributed by atoms with van der Waals surface area (Å²) in [5, 5.41) is 0. The van der Waals surface area contributed by atoms with Gasteiger partial charge in [-0.15, -0.1) is 0 Å². The fourth-order valence-corrected chi connectivity index (χ4v) is 3.40. The van der Waals surface area contributed by atoms with Gasteiger partial charge in [0.2, 0.25) is 0 Å². The molecule has 1 aromatic heterocycles. The Kier molecular flexibility index (Phi) is 3.59. The first-order chi connectivity index (χ1) is 9.81. The summed E-state index contributed by atoms with van der Waals surface area (Å²) in [6, 6.07) is 10.8. The van der Waals surface area contributed by atoms with Crippen LogP contribution in [0, 0.1) is 0 Å². The molecule has 1 aliphatic rings. The minimum Gasteiger partial charge on any atom is -0.334 e. The van der Waals surface area contributed by atoms with Crippen LogP contribution < -0.4 is 11.3 Å². The number of nitrogens with one attached hydrogen (secondary N) is 1. The maximum Gasteiger partial charge on any atom is 0.128 e. The molecule has 0 radical (unpaired) electrons. The first-order valence-corrected chi connectivity index (χ1v) is 7.34. The van der Waals surface area contributed by atoms with Crippen LogP contribution in [0.2, 0.25) is 0 Å². The van der Waals surface area contributed by atoms with Gasteiger partial charge in [0.15, 0.2) is 0 Å². The predicted molar refractivity (Wildman–Crippen MR) is 79.9 cm³/mol. The molecule has 0 spiro atoms. The van der Waals surface area contributed by atoms with Crippen LogP contribution >= 0.6 is 0 Å². The van der Waals surface area contributed by atoms with E-state index in [9.17, 15) is 0 Å². The lowest BCUT2D eigenvalue weighted by Gasteiger charge is -2.47. The van der Waals surface area contributed by atoms with Crippen LogP contribution in [0.3, 0.4) is 0 Å². The van der Waals surface area contributed by atoms with Crippen molar-refractivity contribution in [1.82, 2.24) is 15.0 Å². The SMILES string of the molecule is CCn1ccnc1C(NN)C1(c2ccccc2)CCC1. The number of imidazole rings is 1. The number of hydrazine groups is 1. The maximum absolute atomic E-state index is 5.92. The molecule has 4 nitrogen and oxygen atoms in total. The molecular formula is C16H22N4. The third kappa shape index (κ3) is 1.96. The van der Waals surface area contributed by atoms with Crippen molar-refractivity contribution in [2.45, 2.75) is 44.2 Å². The van der Waals surface area contributed by atoms with Crippen molar-refractivity contribution in [2.75, 3.05) is 0 Å². The molecule has 0 bridgehead atoms. The summed E-state index contributed by atoms with van der Waals surface area (Å²) in [5.74, 6) is 6.96. The van der Waals surface area contributed by atoms with Crippen LogP contribution in [0.4, 0.5) is 0 Å². The lowest BCUT2D eigenvalue weighted by Crippen LogP contribution is -2.49. The Hall–Kier alpha value is -1.65. The van der Waals surface area contributed by atoms with Crippen LogP contribution in [0.25, 0.3) is 0 Å². The Morgan fingerprint density at radius 3 is 2.65 bits per heavy atom. The van der Waals surface area contributed by atoms with E-state index in [1.807, 2.05) is 12.4 Å². The van der Waals surface area contributed by atoms with E-state index < -0.39 is 0 Å². The minimum absolute atomic E-state index is 0.0635. The highest BCUT2D eigenvalue weighted by Crippen LogP contribution is 2.51. The Bertz CT molecular complexity index is 557. The molecule has 1 unspecified atom stereocenters. The van der Waals surface area contributed by atoms with Crippen molar-refractivity contribution in [3.8, 4) is 0 Å². The molecule has 1 aliphatic carbocycles. The quantitative estimate of drug-likeness (QED) is 0.648. The number of benzene rings is 1. The monoisotopic (exact) mass is 270 g/mol. The lowest BCUT2D eigenvalue weighted by molar-refractivity contribution is 0.161. The van der Waals surface area contributed by atoms with Crippen molar-refractivity contribution >= 4 is 0 Å². The summed E-state index contributed by atoms with van der Waals surface area (Å²) in [4.78, 5) is 4.55. The van der Waals surface area contributed by atoms with Crippen molar-refractivity contribution in [3.05, 3.63) is 54.1 Å². The molecule has 4 heteroatoms. The Morgan fingerprint density at radius 2 is 2.10 bits per heavy atom. The number of nitrogens with zero attached hydrogens (tertiary/aromatic N) is 2. The third-order valence-corrected chi connectivity index (χ3v) is 4.66. The van der Waals surface area contributed by atoms with Crippen LogP contribution in [-0.2, 0) is 12.0 Å². The van der Waals surface area contributed by atoms with E-state index in [1.165, 1.54) is 12.0 Å². The van der Waals surface area contributed by atoms with Crippen molar-refractivity contribution < 1.29 is 0 Å².